The van der Waals surface area contributed by atoms with Crippen LogP contribution in [0.15, 0.2) is 42.5 Å². The molecule has 0 fully saturated rings. The van der Waals surface area contributed by atoms with Crippen molar-refractivity contribution >= 4 is 11.6 Å². The molecule has 0 saturated heterocycles. The molecule has 2 rings (SSSR count). The van der Waals surface area contributed by atoms with Gasteiger partial charge in [-0.25, -0.2) is 0 Å². The fraction of sp³-hybridized carbons (Fsp3) is 0.133. The van der Waals surface area contributed by atoms with Crippen LogP contribution in [0.1, 0.15) is 21.5 Å². The van der Waals surface area contributed by atoms with Gasteiger partial charge in [0.15, 0.2) is 0 Å². The molecule has 0 unspecified atom stereocenters. The summed E-state index contributed by atoms with van der Waals surface area (Å²) in [6, 6.07) is 11.5. The van der Waals surface area contributed by atoms with E-state index in [2.05, 4.69) is 0 Å². The van der Waals surface area contributed by atoms with Crippen LogP contribution >= 0.6 is 0 Å². The summed E-state index contributed by atoms with van der Waals surface area (Å²) in [7, 11) is 0. The first kappa shape index (κ1) is 14.5. The molecule has 0 bridgehead atoms. The van der Waals surface area contributed by atoms with Gasteiger partial charge in [-0.15, -0.1) is 0 Å². The van der Waals surface area contributed by atoms with Gasteiger partial charge in [-0.05, 0) is 18.6 Å². The van der Waals surface area contributed by atoms with Crippen molar-refractivity contribution in [3.05, 3.63) is 69.3 Å². The molecule has 6 heteroatoms. The molecule has 6 nitrogen and oxygen atoms in total. The van der Waals surface area contributed by atoms with Crippen molar-refractivity contribution in [1.82, 2.24) is 0 Å². The van der Waals surface area contributed by atoms with Gasteiger partial charge < -0.3 is 10.5 Å². The summed E-state index contributed by atoms with van der Waals surface area (Å²) in [4.78, 5) is 21.5. The standard InChI is InChI=1S/C15H14N2O4/c1-10-3-2-4-11(7-10)9-21-14-6-5-12(17(19)20)8-13(14)15(16)18/h2-8H,9H2,1H3,(H2,16,18). The van der Waals surface area contributed by atoms with Crippen LogP contribution in [0.25, 0.3) is 0 Å². The summed E-state index contributed by atoms with van der Waals surface area (Å²) in [6.07, 6.45) is 0. The Kier molecular flexibility index (Phi) is 4.18. The molecule has 0 spiro atoms. The van der Waals surface area contributed by atoms with Crippen LogP contribution in [0.3, 0.4) is 0 Å². The first-order valence-corrected chi connectivity index (χ1v) is 6.24. The number of primary amides is 1. The Labute approximate surface area is 121 Å². The van der Waals surface area contributed by atoms with E-state index in [1.54, 1.807) is 0 Å². The van der Waals surface area contributed by atoms with Crippen molar-refractivity contribution < 1.29 is 14.5 Å². The number of hydrogen-bond acceptors (Lipinski definition) is 4. The predicted octanol–water partition coefficient (Wildman–Crippen LogP) is 2.58. The zero-order valence-corrected chi connectivity index (χ0v) is 11.4. The predicted molar refractivity (Wildman–Crippen MR) is 77.1 cm³/mol. The van der Waals surface area contributed by atoms with Crippen molar-refractivity contribution in [3.8, 4) is 5.75 Å². The Morgan fingerprint density at radius 1 is 1.29 bits per heavy atom. The molecule has 2 aromatic carbocycles. The number of ether oxygens (including phenoxy) is 1. The summed E-state index contributed by atoms with van der Waals surface area (Å²) in [6.45, 7) is 2.21. The molecule has 0 radical (unpaired) electrons. The molecule has 0 atom stereocenters. The van der Waals surface area contributed by atoms with E-state index in [4.69, 9.17) is 10.5 Å². The highest BCUT2D eigenvalue weighted by molar-refractivity contribution is 5.96. The van der Waals surface area contributed by atoms with Gasteiger partial charge in [0.05, 0.1) is 10.5 Å². The average molecular weight is 286 g/mol. The second-order valence-corrected chi connectivity index (χ2v) is 4.58. The Hall–Kier alpha value is -2.89. The summed E-state index contributed by atoms with van der Waals surface area (Å²) in [5.41, 5.74) is 7.06. The first-order valence-electron chi connectivity index (χ1n) is 6.24. The third-order valence-corrected chi connectivity index (χ3v) is 2.92. The van der Waals surface area contributed by atoms with Crippen LogP contribution in [0.2, 0.25) is 0 Å². The van der Waals surface area contributed by atoms with Crippen LogP contribution in [-0.2, 0) is 6.61 Å². The zero-order chi connectivity index (χ0) is 15.4. The monoisotopic (exact) mass is 286 g/mol. The minimum atomic E-state index is -0.766. The fourth-order valence-electron chi connectivity index (χ4n) is 1.91. The molecule has 0 heterocycles. The number of hydrogen-bond donors (Lipinski definition) is 1. The quantitative estimate of drug-likeness (QED) is 0.675. The molecule has 2 aromatic rings. The molecule has 0 aromatic heterocycles. The highest BCUT2D eigenvalue weighted by atomic mass is 16.6. The van der Waals surface area contributed by atoms with E-state index in [0.29, 0.717) is 0 Å². The highest BCUT2D eigenvalue weighted by Gasteiger charge is 2.15. The zero-order valence-electron chi connectivity index (χ0n) is 11.4. The van der Waals surface area contributed by atoms with Crippen molar-refractivity contribution in [3.63, 3.8) is 0 Å². The first-order chi connectivity index (χ1) is 9.97. The second-order valence-electron chi connectivity index (χ2n) is 4.58. The van der Waals surface area contributed by atoms with Gasteiger partial charge in [0.25, 0.3) is 11.6 Å². The third-order valence-electron chi connectivity index (χ3n) is 2.92. The fourth-order valence-corrected chi connectivity index (χ4v) is 1.91. The normalized spacial score (nSPS) is 10.1. The van der Waals surface area contributed by atoms with Gasteiger partial charge in [0.2, 0.25) is 0 Å². The lowest BCUT2D eigenvalue weighted by Crippen LogP contribution is -2.13. The molecule has 0 aliphatic heterocycles. The molecule has 0 saturated carbocycles. The maximum Gasteiger partial charge on any atom is 0.270 e. The van der Waals surface area contributed by atoms with E-state index in [1.165, 1.54) is 12.1 Å². The van der Waals surface area contributed by atoms with Gasteiger partial charge in [-0.1, -0.05) is 29.8 Å². The lowest BCUT2D eigenvalue weighted by molar-refractivity contribution is -0.384. The van der Waals surface area contributed by atoms with Crippen LogP contribution in [0.5, 0.6) is 5.75 Å². The van der Waals surface area contributed by atoms with E-state index in [9.17, 15) is 14.9 Å². The number of nitrogens with two attached hydrogens (primary N) is 1. The van der Waals surface area contributed by atoms with Crippen molar-refractivity contribution in [2.75, 3.05) is 0 Å². The SMILES string of the molecule is Cc1cccc(COc2ccc([N+](=O)[O-])cc2C(N)=O)c1. The van der Waals surface area contributed by atoms with E-state index in [1.807, 2.05) is 31.2 Å². The minimum Gasteiger partial charge on any atom is -0.488 e. The third kappa shape index (κ3) is 3.56. The summed E-state index contributed by atoms with van der Waals surface area (Å²) >= 11 is 0. The number of aryl methyl sites for hydroxylation is 1. The van der Waals surface area contributed by atoms with Gasteiger partial charge in [0, 0.05) is 12.1 Å². The topological polar surface area (TPSA) is 95.5 Å². The molecule has 0 aliphatic carbocycles. The van der Waals surface area contributed by atoms with Crippen molar-refractivity contribution in [2.24, 2.45) is 5.73 Å². The van der Waals surface area contributed by atoms with Gasteiger partial charge in [0.1, 0.15) is 12.4 Å². The van der Waals surface area contributed by atoms with Gasteiger partial charge in [-0.2, -0.15) is 0 Å². The summed E-state index contributed by atoms with van der Waals surface area (Å²) in [5, 5.41) is 10.7. The number of carbonyl (C=O) groups is 1. The van der Waals surface area contributed by atoms with E-state index in [-0.39, 0.29) is 23.6 Å². The Balaban J connectivity index is 2.23. The Bertz CT molecular complexity index is 698. The number of carbonyl (C=O) groups excluding carboxylic acids is 1. The Morgan fingerprint density at radius 3 is 2.67 bits per heavy atom. The van der Waals surface area contributed by atoms with Gasteiger partial charge in [-0.3, -0.25) is 14.9 Å². The number of nitro groups is 1. The number of nitrogens with zero attached hydrogens (tertiary/aromatic N) is 1. The van der Waals surface area contributed by atoms with E-state index in [0.717, 1.165) is 17.2 Å². The summed E-state index contributed by atoms with van der Waals surface area (Å²) < 4.78 is 5.55. The molecule has 2 N–H and O–H groups in total. The number of non-ortho nitro benzene ring substituents is 1. The molecular formula is C15H14N2O4. The molecule has 1 amide bonds. The maximum atomic E-state index is 11.4. The van der Waals surface area contributed by atoms with E-state index >= 15 is 0 Å². The summed E-state index contributed by atoms with van der Waals surface area (Å²) in [5.74, 6) is -0.535. The molecule has 21 heavy (non-hydrogen) atoms. The van der Waals surface area contributed by atoms with Crippen LogP contribution in [0.4, 0.5) is 5.69 Å². The molecule has 108 valence electrons. The van der Waals surface area contributed by atoms with Crippen molar-refractivity contribution in [2.45, 2.75) is 13.5 Å². The maximum absolute atomic E-state index is 11.4. The second kappa shape index (κ2) is 6.04. The van der Waals surface area contributed by atoms with Crippen molar-refractivity contribution in [1.29, 1.82) is 0 Å². The van der Waals surface area contributed by atoms with Crippen LogP contribution in [0, 0.1) is 17.0 Å². The lowest BCUT2D eigenvalue weighted by atomic mass is 10.1. The van der Waals surface area contributed by atoms with Crippen LogP contribution in [-0.4, -0.2) is 10.8 Å². The molecular weight excluding hydrogens is 272 g/mol. The van der Waals surface area contributed by atoms with E-state index < -0.39 is 10.8 Å². The van der Waals surface area contributed by atoms with Crippen LogP contribution < -0.4 is 10.5 Å². The number of nitro benzene ring substituents is 1. The average Bonchev–Trinajstić information content (AvgIpc) is 2.44. The Morgan fingerprint density at radius 2 is 2.05 bits per heavy atom. The lowest BCUT2D eigenvalue weighted by Gasteiger charge is -2.10. The smallest absolute Gasteiger partial charge is 0.270 e. The number of benzene rings is 2. The molecule has 0 aliphatic rings. The number of amides is 1. The number of rotatable bonds is 5. The highest BCUT2D eigenvalue weighted by Crippen LogP contribution is 2.24. The van der Waals surface area contributed by atoms with Gasteiger partial charge >= 0.3 is 0 Å². The largest absolute Gasteiger partial charge is 0.488 e. The minimum absolute atomic E-state index is 0.00291.